The molecule has 100 valence electrons. The SMILES string of the molecule is Cc1cccc(CC(C)(F)CC2COCCN2)c1. The van der Waals surface area contributed by atoms with Crippen LogP contribution < -0.4 is 5.32 Å². The highest BCUT2D eigenvalue weighted by Gasteiger charge is 2.29. The standard InChI is InChI=1S/C15H22FNO/c1-12-4-3-5-13(8-12)9-15(2,16)10-14-11-18-7-6-17-14/h3-5,8,14,17H,6-7,9-11H2,1-2H3. The minimum atomic E-state index is -1.19. The van der Waals surface area contributed by atoms with Crippen LogP contribution in [0.4, 0.5) is 4.39 Å². The summed E-state index contributed by atoms with van der Waals surface area (Å²) in [6, 6.07) is 8.22. The number of morpholine rings is 1. The molecule has 0 bridgehead atoms. The van der Waals surface area contributed by atoms with Gasteiger partial charge < -0.3 is 10.1 Å². The summed E-state index contributed by atoms with van der Waals surface area (Å²) in [6.07, 6.45) is 0.966. The number of aryl methyl sites for hydroxylation is 1. The van der Waals surface area contributed by atoms with Gasteiger partial charge in [0.25, 0.3) is 0 Å². The van der Waals surface area contributed by atoms with Gasteiger partial charge in [0.2, 0.25) is 0 Å². The maximum Gasteiger partial charge on any atom is 0.113 e. The lowest BCUT2D eigenvalue weighted by atomic mass is 9.91. The molecule has 1 saturated heterocycles. The number of nitrogens with one attached hydrogen (secondary N) is 1. The number of hydrogen-bond acceptors (Lipinski definition) is 2. The lowest BCUT2D eigenvalue weighted by Gasteiger charge is -2.30. The Hall–Kier alpha value is -0.930. The molecule has 1 aromatic rings. The van der Waals surface area contributed by atoms with Crippen molar-refractivity contribution in [3.63, 3.8) is 0 Å². The highest BCUT2D eigenvalue weighted by molar-refractivity contribution is 5.23. The zero-order valence-corrected chi connectivity index (χ0v) is 11.2. The van der Waals surface area contributed by atoms with Crippen LogP contribution in [0.2, 0.25) is 0 Å². The number of rotatable bonds is 4. The number of benzene rings is 1. The number of halogens is 1. The third kappa shape index (κ3) is 4.07. The van der Waals surface area contributed by atoms with Crippen molar-refractivity contribution < 1.29 is 9.13 Å². The molecule has 0 radical (unpaired) electrons. The summed E-state index contributed by atoms with van der Waals surface area (Å²) in [6.45, 7) is 5.90. The third-order valence-electron chi connectivity index (χ3n) is 3.33. The largest absolute Gasteiger partial charge is 0.379 e. The average molecular weight is 251 g/mol. The van der Waals surface area contributed by atoms with Gasteiger partial charge in [-0.15, -0.1) is 0 Å². The predicted molar refractivity (Wildman–Crippen MR) is 71.6 cm³/mol. The molecule has 0 aromatic heterocycles. The van der Waals surface area contributed by atoms with E-state index in [0.717, 1.165) is 18.7 Å². The Labute approximate surface area is 109 Å². The van der Waals surface area contributed by atoms with E-state index in [1.54, 1.807) is 6.92 Å². The van der Waals surface area contributed by atoms with Gasteiger partial charge in [-0.1, -0.05) is 29.8 Å². The van der Waals surface area contributed by atoms with Crippen molar-refractivity contribution in [2.24, 2.45) is 0 Å². The van der Waals surface area contributed by atoms with E-state index in [1.165, 1.54) is 5.56 Å². The van der Waals surface area contributed by atoms with Crippen molar-refractivity contribution in [2.45, 2.75) is 38.4 Å². The maximum absolute atomic E-state index is 14.6. The van der Waals surface area contributed by atoms with Gasteiger partial charge in [-0.25, -0.2) is 4.39 Å². The third-order valence-corrected chi connectivity index (χ3v) is 3.33. The van der Waals surface area contributed by atoms with Gasteiger partial charge in [0.15, 0.2) is 0 Å². The Morgan fingerprint density at radius 3 is 3.00 bits per heavy atom. The molecular formula is C15H22FNO. The van der Waals surface area contributed by atoms with Crippen LogP contribution in [0.5, 0.6) is 0 Å². The minimum Gasteiger partial charge on any atom is -0.379 e. The van der Waals surface area contributed by atoms with Crippen LogP contribution in [0.25, 0.3) is 0 Å². The summed E-state index contributed by atoms with van der Waals surface area (Å²) in [5.41, 5.74) is 1.06. The van der Waals surface area contributed by atoms with Gasteiger partial charge >= 0.3 is 0 Å². The normalized spacial score (nSPS) is 23.6. The molecule has 2 atom stereocenters. The molecule has 1 aliphatic rings. The van der Waals surface area contributed by atoms with Crippen LogP contribution in [0.1, 0.15) is 24.5 Å². The fourth-order valence-electron chi connectivity index (χ4n) is 2.58. The summed E-state index contributed by atoms with van der Waals surface area (Å²) in [5, 5.41) is 3.31. The van der Waals surface area contributed by atoms with Gasteiger partial charge in [-0.05, 0) is 25.8 Å². The summed E-state index contributed by atoms with van der Waals surface area (Å²) >= 11 is 0. The van der Waals surface area contributed by atoms with Crippen LogP contribution >= 0.6 is 0 Å². The van der Waals surface area contributed by atoms with Gasteiger partial charge in [0.05, 0.1) is 13.2 Å². The molecular weight excluding hydrogens is 229 g/mol. The minimum absolute atomic E-state index is 0.138. The second-order valence-corrected chi connectivity index (χ2v) is 5.51. The van der Waals surface area contributed by atoms with E-state index >= 15 is 0 Å². The molecule has 2 rings (SSSR count). The molecule has 0 spiro atoms. The summed E-state index contributed by atoms with van der Waals surface area (Å²) in [5.74, 6) is 0. The van der Waals surface area contributed by atoms with Crippen LogP contribution in [-0.2, 0) is 11.2 Å². The van der Waals surface area contributed by atoms with Crippen molar-refractivity contribution in [2.75, 3.05) is 19.8 Å². The number of ether oxygens (including phenoxy) is 1. The smallest absolute Gasteiger partial charge is 0.113 e. The summed E-state index contributed by atoms with van der Waals surface area (Å²) in [7, 11) is 0. The van der Waals surface area contributed by atoms with Crippen molar-refractivity contribution >= 4 is 0 Å². The first-order valence-electron chi connectivity index (χ1n) is 6.61. The molecule has 1 fully saturated rings. The monoisotopic (exact) mass is 251 g/mol. The predicted octanol–water partition coefficient (Wildman–Crippen LogP) is 2.64. The number of hydrogen-bond donors (Lipinski definition) is 1. The fraction of sp³-hybridized carbons (Fsp3) is 0.600. The lowest BCUT2D eigenvalue weighted by molar-refractivity contribution is 0.0483. The van der Waals surface area contributed by atoms with E-state index in [0.29, 0.717) is 19.4 Å². The second kappa shape index (κ2) is 5.81. The molecule has 1 N–H and O–H groups in total. The van der Waals surface area contributed by atoms with E-state index in [2.05, 4.69) is 11.4 Å². The first-order chi connectivity index (χ1) is 8.55. The van der Waals surface area contributed by atoms with Crippen LogP contribution in [0.15, 0.2) is 24.3 Å². The fourth-order valence-corrected chi connectivity index (χ4v) is 2.58. The topological polar surface area (TPSA) is 21.3 Å². The van der Waals surface area contributed by atoms with Gasteiger partial charge in [0, 0.05) is 19.0 Å². The molecule has 0 saturated carbocycles. The molecule has 18 heavy (non-hydrogen) atoms. The Kier molecular flexibility index (Phi) is 4.36. The number of alkyl halides is 1. The Bertz CT molecular complexity index is 386. The molecule has 0 aliphatic carbocycles. The quantitative estimate of drug-likeness (QED) is 0.888. The van der Waals surface area contributed by atoms with Gasteiger partial charge in [-0.2, -0.15) is 0 Å². The van der Waals surface area contributed by atoms with Crippen molar-refractivity contribution in [3.8, 4) is 0 Å². The molecule has 1 heterocycles. The van der Waals surface area contributed by atoms with E-state index in [4.69, 9.17) is 4.74 Å². The lowest BCUT2D eigenvalue weighted by Crippen LogP contribution is -2.45. The Morgan fingerprint density at radius 1 is 1.50 bits per heavy atom. The average Bonchev–Trinajstić information content (AvgIpc) is 2.28. The zero-order valence-electron chi connectivity index (χ0n) is 11.2. The summed E-state index contributed by atoms with van der Waals surface area (Å²) in [4.78, 5) is 0. The van der Waals surface area contributed by atoms with Crippen molar-refractivity contribution in [1.29, 1.82) is 0 Å². The van der Waals surface area contributed by atoms with E-state index in [-0.39, 0.29) is 6.04 Å². The zero-order chi connectivity index (χ0) is 13.0. The van der Waals surface area contributed by atoms with Gasteiger partial charge in [0.1, 0.15) is 5.67 Å². The maximum atomic E-state index is 14.6. The first-order valence-corrected chi connectivity index (χ1v) is 6.61. The van der Waals surface area contributed by atoms with Crippen LogP contribution in [-0.4, -0.2) is 31.5 Å². The Balaban J connectivity index is 1.93. The summed E-state index contributed by atoms with van der Waals surface area (Å²) < 4.78 is 20.0. The van der Waals surface area contributed by atoms with Gasteiger partial charge in [-0.3, -0.25) is 0 Å². The molecule has 0 amide bonds. The van der Waals surface area contributed by atoms with Crippen molar-refractivity contribution in [1.82, 2.24) is 5.32 Å². The molecule has 3 heteroatoms. The molecule has 1 aliphatic heterocycles. The van der Waals surface area contributed by atoms with E-state index in [1.807, 2.05) is 25.1 Å². The van der Waals surface area contributed by atoms with Crippen LogP contribution in [0, 0.1) is 6.92 Å². The first kappa shape index (κ1) is 13.5. The van der Waals surface area contributed by atoms with E-state index < -0.39 is 5.67 Å². The second-order valence-electron chi connectivity index (χ2n) is 5.51. The van der Waals surface area contributed by atoms with Crippen molar-refractivity contribution in [3.05, 3.63) is 35.4 Å². The highest BCUT2D eigenvalue weighted by atomic mass is 19.1. The Morgan fingerprint density at radius 2 is 2.33 bits per heavy atom. The van der Waals surface area contributed by atoms with Crippen LogP contribution in [0.3, 0.4) is 0 Å². The molecule has 2 unspecified atom stereocenters. The molecule has 1 aromatic carbocycles. The molecule has 2 nitrogen and oxygen atoms in total. The highest BCUT2D eigenvalue weighted by Crippen LogP contribution is 2.24. The van der Waals surface area contributed by atoms with E-state index in [9.17, 15) is 4.39 Å².